The van der Waals surface area contributed by atoms with Crippen LogP contribution in [-0.2, 0) is 0 Å². The zero-order valence-corrected chi connectivity index (χ0v) is 10.0. The van der Waals surface area contributed by atoms with E-state index in [-0.39, 0.29) is 17.8 Å². The Hall–Kier alpha value is -1.14. The second-order valence-corrected chi connectivity index (χ2v) is 4.76. The highest BCUT2D eigenvalue weighted by atomic mass is 79.9. The summed E-state index contributed by atoms with van der Waals surface area (Å²) in [5.41, 5.74) is 5.60. The Bertz CT molecular complexity index is 419. The minimum Gasteiger partial charge on any atom is -0.483 e. The van der Waals surface area contributed by atoms with Gasteiger partial charge in [-0.05, 0) is 25.0 Å². The molecule has 16 heavy (non-hydrogen) atoms. The minimum absolute atomic E-state index is 0.00914. The highest BCUT2D eigenvalue weighted by Gasteiger charge is 2.29. The highest BCUT2D eigenvalue weighted by Crippen LogP contribution is 2.33. The molecule has 1 fully saturated rings. The summed E-state index contributed by atoms with van der Waals surface area (Å²) < 4.78 is 6.19. The van der Waals surface area contributed by atoms with Crippen LogP contribution >= 0.6 is 15.9 Å². The van der Waals surface area contributed by atoms with Gasteiger partial charge in [-0.15, -0.1) is 0 Å². The molecule has 1 aromatic rings. The molecule has 5 nitrogen and oxygen atoms in total. The largest absolute Gasteiger partial charge is 0.483 e. The minimum atomic E-state index is -0.446. The first-order valence-corrected chi connectivity index (χ1v) is 5.71. The highest BCUT2D eigenvalue weighted by molar-refractivity contribution is 9.10. The fourth-order valence-corrected chi connectivity index (χ4v) is 1.96. The Morgan fingerprint density at radius 1 is 1.50 bits per heavy atom. The molecule has 0 spiro atoms. The third-order valence-corrected chi connectivity index (χ3v) is 3.04. The number of hydrogen-bond donors (Lipinski definition) is 1. The van der Waals surface area contributed by atoms with Crippen molar-refractivity contribution in [1.82, 2.24) is 0 Å². The molecular formula is C10H11BrN2O3. The predicted molar refractivity (Wildman–Crippen MR) is 62.4 cm³/mol. The molecule has 0 heterocycles. The van der Waals surface area contributed by atoms with E-state index in [1.807, 2.05) is 0 Å². The summed E-state index contributed by atoms with van der Waals surface area (Å²) in [5, 5.41) is 10.8. The van der Waals surface area contributed by atoms with Crippen LogP contribution in [-0.4, -0.2) is 17.1 Å². The van der Waals surface area contributed by atoms with Gasteiger partial charge in [-0.1, -0.05) is 15.9 Å². The molecule has 0 bridgehead atoms. The fraction of sp³-hybridized carbons (Fsp3) is 0.400. The lowest BCUT2D eigenvalue weighted by atomic mass is 9.90. The number of hydrogen-bond acceptors (Lipinski definition) is 4. The number of rotatable bonds is 3. The molecule has 6 heteroatoms. The van der Waals surface area contributed by atoms with Crippen LogP contribution in [0.1, 0.15) is 12.8 Å². The van der Waals surface area contributed by atoms with Crippen molar-refractivity contribution < 1.29 is 9.66 Å². The van der Waals surface area contributed by atoms with Gasteiger partial charge in [-0.25, -0.2) is 0 Å². The lowest BCUT2D eigenvalue weighted by Gasteiger charge is -2.32. The molecule has 0 aromatic heterocycles. The van der Waals surface area contributed by atoms with Crippen LogP contribution in [0.2, 0.25) is 0 Å². The molecule has 2 rings (SSSR count). The standard InChI is InChI=1S/C10H11BrN2O3/c11-6-1-2-10(9(3-6)13(14)15)16-8-4-7(12)5-8/h1-3,7-8H,4-5,12H2. The molecule has 0 amide bonds. The van der Waals surface area contributed by atoms with E-state index in [9.17, 15) is 10.1 Å². The number of nitrogens with two attached hydrogens (primary N) is 1. The summed E-state index contributed by atoms with van der Waals surface area (Å²) in [7, 11) is 0. The van der Waals surface area contributed by atoms with E-state index in [1.165, 1.54) is 6.07 Å². The van der Waals surface area contributed by atoms with Crippen molar-refractivity contribution in [3.63, 3.8) is 0 Å². The zero-order valence-electron chi connectivity index (χ0n) is 8.43. The lowest BCUT2D eigenvalue weighted by molar-refractivity contribution is -0.386. The van der Waals surface area contributed by atoms with Crippen molar-refractivity contribution in [1.29, 1.82) is 0 Å². The molecule has 0 radical (unpaired) electrons. The van der Waals surface area contributed by atoms with Gasteiger partial charge in [-0.3, -0.25) is 10.1 Å². The fourth-order valence-electron chi connectivity index (χ4n) is 1.61. The predicted octanol–water partition coefficient (Wildman–Crippen LogP) is 2.23. The SMILES string of the molecule is NC1CC(Oc2ccc(Br)cc2[N+](=O)[O-])C1. The van der Waals surface area contributed by atoms with Gasteiger partial charge < -0.3 is 10.5 Å². The van der Waals surface area contributed by atoms with E-state index < -0.39 is 4.92 Å². The molecule has 1 aliphatic rings. The van der Waals surface area contributed by atoms with Crippen LogP contribution in [0.15, 0.2) is 22.7 Å². The first kappa shape index (κ1) is 11.3. The molecule has 1 aliphatic carbocycles. The summed E-state index contributed by atoms with van der Waals surface area (Å²) >= 11 is 3.19. The second kappa shape index (κ2) is 4.39. The van der Waals surface area contributed by atoms with Crippen molar-refractivity contribution in [2.75, 3.05) is 0 Å². The average molecular weight is 287 g/mol. The maximum Gasteiger partial charge on any atom is 0.312 e. The molecule has 0 saturated heterocycles. The van der Waals surface area contributed by atoms with Gasteiger partial charge in [0.2, 0.25) is 0 Å². The number of nitrogens with zero attached hydrogens (tertiary/aromatic N) is 1. The van der Waals surface area contributed by atoms with Gasteiger partial charge in [0.25, 0.3) is 0 Å². The number of halogens is 1. The van der Waals surface area contributed by atoms with Crippen molar-refractivity contribution in [2.45, 2.75) is 25.0 Å². The normalized spacial score (nSPS) is 23.6. The third-order valence-electron chi connectivity index (χ3n) is 2.54. The Morgan fingerprint density at radius 3 is 2.75 bits per heavy atom. The Morgan fingerprint density at radius 2 is 2.19 bits per heavy atom. The first-order chi connectivity index (χ1) is 7.56. The number of nitro groups is 1. The zero-order chi connectivity index (χ0) is 11.7. The molecule has 0 unspecified atom stereocenters. The van der Waals surface area contributed by atoms with E-state index in [1.54, 1.807) is 12.1 Å². The molecule has 1 aromatic carbocycles. The van der Waals surface area contributed by atoms with Gasteiger partial charge in [0, 0.05) is 16.6 Å². The van der Waals surface area contributed by atoms with Crippen LogP contribution in [0.4, 0.5) is 5.69 Å². The van der Waals surface area contributed by atoms with E-state index >= 15 is 0 Å². The maximum atomic E-state index is 10.8. The van der Waals surface area contributed by atoms with Crippen molar-refractivity contribution >= 4 is 21.6 Å². The Labute approximate surface area is 101 Å². The Balaban J connectivity index is 2.16. The van der Waals surface area contributed by atoms with E-state index in [0.29, 0.717) is 10.2 Å². The van der Waals surface area contributed by atoms with Gasteiger partial charge >= 0.3 is 5.69 Å². The molecule has 0 atom stereocenters. The van der Waals surface area contributed by atoms with Crippen molar-refractivity contribution in [2.24, 2.45) is 5.73 Å². The first-order valence-electron chi connectivity index (χ1n) is 4.92. The van der Waals surface area contributed by atoms with Crippen LogP contribution in [0, 0.1) is 10.1 Å². The van der Waals surface area contributed by atoms with Gasteiger partial charge in [-0.2, -0.15) is 0 Å². The molecular weight excluding hydrogens is 276 g/mol. The Kier molecular flexibility index (Phi) is 3.11. The summed E-state index contributed by atoms with van der Waals surface area (Å²) in [5.74, 6) is 0.310. The van der Waals surface area contributed by atoms with E-state index in [2.05, 4.69) is 15.9 Å². The van der Waals surface area contributed by atoms with Gasteiger partial charge in [0.15, 0.2) is 5.75 Å². The van der Waals surface area contributed by atoms with Crippen molar-refractivity contribution in [3.8, 4) is 5.75 Å². The number of ether oxygens (including phenoxy) is 1. The average Bonchev–Trinajstić information content (AvgIpc) is 2.17. The van der Waals surface area contributed by atoms with Crippen molar-refractivity contribution in [3.05, 3.63) is 32.8 Å². The molecule has 86 valence electrons. The molecule has 0 aliphatic heterocycles. The van der Waals surface area contributed by atoms with Crippen LogP contribution in [0.25, 0.3) is 0 Å². The quantitative estimate of drug-likeness (QED) is 0.683. The second-order valence-electron chi connectivity index (χ2n) is 3.84. The summed E-state index contributed by atoms with van der Waals surface area (Å²) in [6.45, 7) is 0. The maximum absolute atomic E-state index is 10.8. The topological polar surface area (TPSA) is 78.4 Å². The summed E-state index contributed by atoms with van der Waals surface area (Å²) in [6.07, 6.45) is 1.52. The smallest absolute Gasteiger partial charge is 0.312 e. The van der Waals surface area contributed by atoms with E-state index in [4.69, 9.17) is 10.5 Å². The summed E-state index contributed by atoms with van der Waals surface area (Å²) in [6, 6.07) is 4.93. The van der Waals surface area contributed by atoms with E-state index in [0.717, 1.165) is 12.8 Å². The number of nitro benzene ring substituents is 1. The monoisotopic (exact) mass is 286 g/mol. The van der Waals surface area contributed by atoms with Gasteiger partial charge in [0.1, 0.15) is 6.10 Å². The third kappa shape index (κ3) is 2.33. The number of benzene rings is 1. The molecule has 2 N–H and O–H groups in total. The molecule has 1 saturated carbocycles. The van der Waals surface area contributed by atoms with Crippen LogP contribution in [0.5, 0.6) is 5.75 Å². The lowest BCUT2D eigenvalue weighted by Crippen LogP contribution is -2.43. The van der Waals surface area contributed by atoms with Crippen LogP contribution < -0.4 is 10.5 Å². The van der Waals surface area contributed by atoms with Gasteiger partial charge in [0.05, 0.1) is 4.92 Å². The van der Waals surface area contributed by atoms with Crippen LogP contribution in [0.3, 0.4) is 0 Å². The summed E-state index contributed by atoms with van der Waals surface area (Å²) in [4.78, 5) is 10.4.